The molecule has 0 unspecified atom stereocenters. The lowest BCUT2D eigenvalue weighted by molar-refractivity contribution is -0.346. The van der Waals surface area contributed by atoms with E-state index in [1.165, 1.54) is 20.3 Å². The smallest absolute Gasteiger partial charge is 0.330 e. The summed E-state index contributed by atoms with van der Waals surface area (Å²) in [5, 5.41) is 10.9. The lowest BCUT2D eigenvalue weighted by atomic mass is 9.75. The Labute approximate surface area is 150 Å². The molecule has 24 heavy (non-hydrogen) atoms. The number of aliphatic hydroxyl groups is 1. The Kier molecular flexibility index (Phi) is 7.37. The summed E-state index contributed by atoms with van der Waals surface area (Å²) in [5.41, 5.74) is -0.314. The summed E-state index contributed by atoms with van der Waals surface area (Å²) in [4.78, 5) is 11.7. The Bertz CT molecular complexity index is 501. The van der Waals surface area contributed by atoms with Crippen LogP contribution in [-0.4, -0.2) is 58.3 Å². The van der Waals surface area contributed by atoms with Crippen LogP contribution in [0.1, 0.15) is 26.7 Å². The predicted molar refractivity (Wildman–Crippen MR) is 94.6 cm³/mol. The molecule has 0 aromatic heterocycles. The highest BCUT2D eigenvalue weighted by molar-refractivity contribution is 8.15. The Balaban J connectivity index is 3.24. The van der Waals surface area contributed by atoms with E-state index in [-0.39, 0.29) is 12.7 Å². The Hall–Kier alpha value is -0.795. The monoisotopic (exact) mass is 359 g/mol. The van der Waals surface area contributed by atoms with Crippen LogP contribution < -0.4 is 0 Å². The van der Waals surface area contributed by atoms with Crippen molar-refractivity contribution in [3.05, 3.63) is 24.3 Å². The van der Waals surface area contributed by atoms with Gasteiger partial charge in [-0.15, -0.1) is 6.58 Å². The Morgan fingerprint density at radius 3 is 2.92 bits per heavy atom. The van der Waals surface area contributed by atoms with E-state index in [1.807, 2.05) is 13.8 Å². The van der Waals surface area contributed by atoms with Gasteiger partial charge in [0.25, 0.3) is 0 Å². The molecule has 0 aliphatic carbocycles. The summed E-state index contributed by atoms with van der Waals surface area (Å²) >= 11 is 0.880. The molecule has 1 N–H and O–H groups in total. The Morgan fingerprint density at radius 2 is 2.38 bits per heavy atom. The zero-order valence-corrected chi connectivity index (χ0v) is 15.4. The number of methoxy groups -OCH3 is 2. The second-order valence-electron chi connectivity index (χ2n) is 6.23. The van der Waals surface area contributed by atoms with Crippen molar-refractivity contribution in [3.8, 4) is 0 Å². The zero-order valence-electron chi connectivity index (χ0n) is 15.6. The number of ether oxygens (including phenoxy) is 3. The van der Waals surface area contributed by atoms with Crippen LogP contribution in [0.5, 0.6) is 0 Å². The summed E-state index contributed by atoms with van der Waals surface area (Å²) in [5.74, 6) is -1.98. The highest BCUT2D eigenvalue weighted by Gasteiger charge is 2.57. The molecule has 1 radical (unpaired) electrons. The number of rotatable bonds is 9. The average molecular weight is 359 g/mol. The van der Waals surface area contributed by atoms with Gasteiger partial charge in [0.2, 0.25) is 12.9 Å². The molecule has 1 aliphatic rings. The van der Waals surface area contributed by atoms with Gasteiger partial charge in [-0.2, -0.15) is 0 Å². The SMILES string of the molecule is [3H][B]SOCC(C)(C)[C@]1(OC)O[C@H](CC=C)C/C(=C\C(=O)OC)[C@@H]1O. The molecule has 1 saturated heterocycles. The second-order valence-corrected chi connectivity index (χ2v) is 6.66. The number of esters is 1. The fourth-order valence-corrected chi connectivity index (χ4v) is 3.25. The van der Waals surface area contributed by atoms with E-state index in [1.54, 1.807) is 6.08 Å². The fraction of sp³-hybridized carbons (Fsp3) is 0.688. The molecule has 135 valence electrons. The molecule has 0 amide bonds. The van der Waals surface area contributed by atoms with Gasteiger partial charge in [0.05, 0.1) is 19.8 Å². The van der Waals surface area contributed by atoms with Gasteiger partial charge in [-0.05, 0) is 19.8 Å². The molecule has 1 heterocycles. The molecule has 0 spiro atoms. The first kappa shape index (κ1) is 19.5. The Morgan fingerprint density at radius 1 is 1.67 bits per heavy atom. The van der Waals surface area contributed by atoms with E-state index >= 15 is 0 Å². The van der Waals surface area contributed by atoms with Gasteiger partial charge in [-0.25, -0.2) is 4.79 Å². The fourth-order valence-electron chi connectivity index (χ4n) is 2.89. The van der Waals surface area contributed by atoms with Crippen molar-refractivity contribution in [1.82, 2.24) is 0 Å². The first-order valence-corrected chi connectivity index (χ1v) is 8.37. The maximum Gasteiger partial charge on any atom is 0.330 e. The largest absolute Gasteiger partial charge is 0.466 e. The van der Waals surface area contributed by atoms with Crippen LogP contribution in [0.2, 0.25) is 0 Å². The molecule has 0 saturated carbocycles. The molecule has 1 aliphatic heterocycles. The van der Waals surface area contributed by atoms with Gasteiger partial charge >= 0.3 is 5.97 Å². The van der Waals surface area contributed by atoms with Crippen molar-refractivity contribution in [2.45, 2.75) is 44.7 Å². The first-order valence-electron chi connectivity index (χ1n) is 8.14. The van der Waals surface area contributed by atoms with Crippen molar-refractivity contribution >= 4 is 25.0 Å². The third-order valence-electron chi connectivity index (χ3n) is 4.18. The molecule has 6 nitrogen and oxygen atoms in total. The number of hydrogen-bond donors (Lipinski definition) is 1. The molecule has 8 heteroatoms. The van der Waals surface area contributed by atoms with Gasteiger partial charge in [-0.3, -0.25) is 0 Å². The third kappa shape index (κ3) is 4.43. The first-order chi connectivity index (χ1) is 11.8. The number of aliphatic hydroxyl groups excluding tert-OH is 1. The minimum absolute atomic E-state index is 0.157. The quantitative estimate of drug-likeness (QED) is 0.168. The van der Waals surface area contributed by atoms with Crippen molar-refractivity contribution < 1.29 is 28.3 Å². The standard InChI is InChI=1S/C16H26BO6S/c1-6-7-12-8-11(9-13(18)20-4)14(19)16(21-5,23-12)15(2,3)10-22-24-17/h6,9,12,14,17,19H,1,7-8,10H2,2-5H3/b11-9+/t12-,14+,16-/m1/s1/i17T. The van der Waals surface area contributed by atoms with Crippen LogP contribution >= 0.6 is 11.9 Å². The lowest BCUT2D eigenvalue weighted by Gasteiger charge is -2.52. The zero-order chi connectivity index (χ0) is 19.1. The van der Waals surface area contributed by atoms with Gasteiger partial charge in [0, 0.05) is 18.6 Å². The summed E-state index contributed by atoms with van der Waals surface area (Å²) < 4.78 is 28.9. The summed E-state index contributed by atoms with van der Waals surface area (Å²) in [7, 11) is 3.79. The highest BCUT2D eigenvalue weighted by atomic mass is 32.2. The van der Waals surface area contributed by atoms with Crippen LogP contribution in [0.4, 0.5) is 0 Å². The number of carbonyl (C=O) groups excluding carboxylic acids is 1. The highest BCUT2D eigenvalue weighted by Crippen LogP contribution is 2.46. The molecule has 1 fully saturated rings. The van der Waals surface area contributed by atoms with E-state index in [0.717, 1.165) is 19.0 Å². The van der Waals surface area contributed by atoms with Crippen molar-refractivity contribution in [2.24, 2.45) is 5.41 Å². The topological polar surface area (TPSA) is 74.2 Å². The summed E-state index contributed by atoms with van der Waals surface area (Å²) in [6, 6.07) is 0. The summed E-state index contributed by atoms with van der Waals surface area (Å²) in [6.45, 7) is 7.54. The second kappa shape index (κ2) is 9.06. The predicted octanol–water partition coefficient (Wildman–Crippen LogP) is 1.66. The molecule has 0 aromatic carbocycles. The van der Waals surface area contributed by atoms with Crippen LogP contribution in [0.15, 0.2) is 24.3 Å². The van der Waals surface area contributed by atoms with Gasteiger partial charge < -0.3 is 23.5 Å². The number of hydrogen-bond acceptors (Lipinski definition) is 7. The maximum atomic E-state index is 11.7. The van der Waals surface area contributed by atoms with E-state index in [9.17, 15) is 9.90 Å². The van der Waals surface area contributed by atoms with Gasteiger partial charge in [0.1, 0.15) is 6.10 Å². The molecular formula is C16H26BO6S. The average Bonchev–Trinajstić information content (AvgIpc) is 2.57. The minimum atomic E-state index is -1.43. The van der Waals surface area contributed by atoms with Crippen LogP contribution in [0.3, 0.4) is 0 Å². The van der Waals surface area contributed by atoms with E-state index < -0.39 is 23.3 Å². The van der Waals surface area contributed by atoms with Crippen molar-refractivity contribution in [3.63, 3.8) is 0 Å². The van der Waals surface area contributed by atoms with Crippen molar-refractivity contribution in [1.29, 1.82) is 1.34 Å². The number of carbonyl (C=O) groups is 1. The van der Waals surface area contributed by atoms with E-state index in [0.29, 0.717) is 18.4 Å². The summed E-state index contributed by atoms with van der Waals surface area (Å²) in [6.07, 6.45) is 2.39. The van der Waals surface area contributed by atoms with Gasteiger partial charge in [-0.1, -0.05) is 31.8 Å². The maximum absolute atomic E-state index is 11.7. The molecule has 3 atom stereocenters. The third-order valence-corrected chi connectivity index (χ3v) is 4.44. The minimum Gasteiger partial charge on any atom is -0.466 e. The molecule has 0 aromatic rings. The van der Waals surface area contributed by atoms with Gasteiger partial charge in [0.15, 0.2) is 0 Å². The van der Waals surface area contributed by atoms with Crippen LogP contribution in [-0.2, 0) is 23.2 Å². The normalized spacial score (nSPS) is 29.9. The van der Waals surface area contributed by atoms with E-state index in [4.69, 9.17) is 15.0 Å². The van der Waals surface area contributed by atoms with E-state index in [2.05, 4.69) is 11.3 Å². The van der Waals surface area contributed by atoms with Crippen LogP contribution in [0.25, 0.3) is 0 Å². The lowest BCUT2D eigenvalue weighted by Crippen LogP contribution is -2.63. The molecule has 0 bridgehead atoms. The van der Waals surface area contributed by atoms with Crippen LogP contribution in [0, 0.1) is 5.41 Å². The molecule has 1 rings (SSSR count). The van der Waals surface area contributed by atoms with Crippen molar-refractivity contribution in [2.75, 3.05) is 20.8 Å². The molecular weight excluding hydrogens is 331 g/mol.